The fourth-order valence-electron chi connectivity index (χ4n) is 2.90. The van der Waals surface area contributed by atoms with Crippen LogP contribution in [-0.4, -0.2) is 22.0 Å². The van der Waals surface area contributed by atoms with Gasteiger partial charge in [-0.3, -0.25) is 0 Å². The van der Waals surface area contributed by atoms with Crippen molar-refractivity contribution in [1.29, 1.82) is 0 Å². The SMILES string of the molecule is COCc1ccc(O[Si](C)(C)C)c(C(CCN)c2ccccc2)c1. The molecule has 130 valence electrons. The summed E-state index contributed by atoms with van der Waals surface area (Å²) in [6.07, 6.45) is 0.891. The number of methoxy groups -OCH3 is 1. The van der Waals surface area contributed by atoms with Crippen LogP contribution >= 0.6 is 0 Å². The molecule has 4 heteroatoms. The predicted octanol–water partition coefficient (Wildman–Crippen LogP) is 4.53. The zero-order chi connectivity index (χ0) is 17.6. The normalized spacial score (nSPS) is 12.9. The van der Waals surface area contributed by atoms with Crippen molar-refractivity contribution in [3.05, 3.63) is 65.2 Å². The molecule has 1 atom stereocenters. The monoisotopic (exact) mass is 343 g/mol. The summed E-state index contributed by atoms with van der Waals surface area (Å²) in [5.74, 6) is 1.22. The topological polar surface area (TPSA) is 44.5 Å². The van der Waals surface area contributed by atoms with E-state index in [4.69, 9.17) is 14.9 Å². The molecular weight excluding hydrogens is 314 g/mol. The number of hydrogen-bond donors (Lipinski definition) is 1. The number of benzene rings is 2. The van der Waals surface area contributed by atoms with Gasteiger partial charge >= 0.3 is 0 Å². The maximum absolute atomic E-state index is 6.37. The van der Waals surface area contributed by atoms with Crippen LogP contribution in [0.4, 0.5) is 0 Å². The van der Waals surface area contributed by atoms with Crippen molar-refractivity contribution in [2.24, 2.45) is 5.73 Å². The molecule has 0 amide bonds. The molecule has 0 spiro atoms. The minimum Gasteiger partial charge on any atom is -0.544 e. The summed E-state index contributed by atoms with van der Waals surface area (Å²) in [5.41, 5.74) is 9.57. The molecular formula is C20H29NO2Si. The maximum atomic E-state index is 6.37. The van der Waals surface area contributed by atoms with Gasteiger partial charge in [-0.15, -0.1) is 0 Å². The first-order chi connectivity index (χ1) is 11.4. The average molecular weight is 344 g/mol. The summed E-state index contributed by atoms with van der Waals surface area (Å²) < 4.78 is 11.7. The van der Waals surface area contributed by atoms with E-state index in [1.165, 1.54) is 11.1 Å². The molecule has 24 heavy (non-hydrogen) atoms. The van der Waals surface area contributed by atoms with Crippen LogP contribution in [0.15, 0.2) is 48.5 Å². The van der Waals surface area contributed by atoms with Gasteiger partial charge in [-0.2, -0.15) is 0 Å². The Hall–Kier alpha value is -1.62. The van der Waals surface area contributed by atoms with Crippen molar-refractivity contribution < 1.29 is 9.16 Å². The molecule has 0 aliphatic heterocycles. The lowest BCUT2D eigenvalue weighted by atomic mass is 9.87. The number of hydrogen-bond acceptors (Lipinski definition) is 3. The molecule has 3 nitrogen and oxygen atoms in total. The first-order valence-electron chi connectivity index (χ1n) is 8.50. The predicted molar refractivity (Wildman–Crippen MR) is 103 cm³/mol. The lowest BCUT2D eigenvalue weighted by Gasteiger charge is -2.26. The van der Waals surface area contributed by atoms with E-state index in [1.54, 1.807) is 7.11 Å². The van der Waals surface area contributed by atoms with Crippen molar-refractivity contribution in [3.63, 3.8) is 0 Å². The van der Waals surface area contributed by atoms with Gasteiger partial charge in [0.05, 0.1) is 6.61 Å². The van der Waals surface area contributed by atoms with Crippen molar-refractivity contribution >= 4 is 8.32 Å². The van der Waals surface area contributed by atoms with Gasteiger partial charge in [0, 0.05) is 18.6 Å². The van der Waals surface area contributed by atoms with Crippen LogP contribution in [-0.2, 0) is 11.3 Å². The van der Waals surface area contributed by atoms with Crippen LogP contribution < -0.4 is 10.2 Å². The van der Waals surface area contributed by atoms with Gasteiger partial charge in [-0.05, 0) is 55.9 Å². The lowest BCUT2D eigenvalue weighted by Crippen LogP contribution is -2.30. The zero-order valence-corrected chi connectivity index (χ0v) is 16.2. The van der Waals surface area contributed by atoms with E-state index in [0.717, 1.165) is 17.7 Å². The largest absolute Gasteiger partial charge is 0.544 e. The highest BCUT2D eigenvalue weighted by Crippen LogP contribution is 2.36. The molecule has 2 N–H and O–H groups in total. The van der Waals surface area contributed by atoms with E-state index in [2.05, 4.69) is 62.1 Å². The van der Waals surface area contributed by atoms with Gasteiger partial charge in [0.2, 0.25) is 8.32 Å². The molecule has 0 saturated carbocycles. The smallest absolute Gasteiger partial charge is 0.242 e. The van der Waals surface area contributed by atoms with E-state index in [1.807, 2.05) is 6.07 Å². The summed E-state index contributed by atoms with van der Waals surface area (Å²) in [4.78, 5) is 0. The van der Waals surface area contributed by atoms with Crippen LogP contribution in [0.1, 0.15) is 29.0 Å². The third-order valence-electron chi connectivity index (χ3n) is 3.83. The molecule has 0 aliphatic rings. The summed E-state index contributed by atoms with van der Waals surface area (Å²) in [5, 5.41) is 0. The van der Waals surface area contributed by atoms with E-state index >= 15 is 0 Å². The summed E-state index contributed by atoms with van der Waals surface area (Å²) >= 11 is 0. The molecule has 0 aliphatic carbocycles. The molecule has 0 saturated heterocycles. The third-order valence-corrected chi connectivity index (χ3v) is 4.67. The highest BCUT2D eigenvalue weighted by Gasteiger charge is 2.23. The van der Waals surface area contributed by atoms with E-state index in [9.17, 15) is 0 Å². The Morgan fingerprint density at radius 3 is 2.33 bits per heavy atom. The van der Waals surface area contributed by atoms with Crippen LogP contribution in [0.3, 0.4) is 0 Å². The van der Waals surface area contributed by atoms with Gasteiger partial charge < -0.3 is 14.9 Å². The second kappa shape index (κ2) is 8.47. The molecule has 0 radical (unpaired) electrons. The van der Waals surface area contributed by atoms with Gasteiger partial charge in [-0.1, -0.05) is 36.4 Å². The highest BCUT2D eigenvalue weighted by molar-refractivity contribution is 6.70. The maximum Gasteiger partial charge on any atom is 0.242 e. The van der Waals surface area contributed by atoms with Crippen molar-refractivity contribution in [3.8, 4) is 5.75 Å². The molecule has 2 aromatic carbocycles. The summed E-state index contributed by atoms with van der Waals surface area (Å²) in [6.45, 7) is 7.87. The van der Waals surface area contributed by atoms with Crippen molar-refractivity contribution in [1.82, 2.24) is 0 Å². The molecule has 0 fully saturated rings. The van der Waals surface area contributed by atoms with Gasteiger partial charge in [0.15, 0.2) is 0 Å². The van der Waals surface area contributed by atoms with Crippen LogP contribution in [0, 0.1) is 0 Å². The quantitative estimate of drug-likeness (QED) is 0.716. The fourth-order valence-corrected chi connectivity index (χ4v) is 3.75. The van der Waals surface area contributed by atoms with Gasteiger partial charge in [0.25, 0.3) is 0 Å². The first kappa shape index (κ1) is 18.7. The molecule has 2 rings (SSSR count). The molecule has 1 unspecified atom stereocenters. The number of nitrogens with two attached hydrogens (primary N) is 1. The van der Waals surface area contributed by atoms with Crippen molar-refractivity contribution in [2.45, 2.75) is 38.6 Å². The molecule has 2 aromatic rings. The number of rotatable bonds is 8. The second-order valence-electron chi connectivity index (χ2n) is 7.06. The molecule has 0 aromatic heterocycles. The summed E-state index contributed by atoms with van der Waals surface area (Å²) in [6, 6.07) is 16.9. The lowest BCUT2D eigenvalue weighted by molar-refractivity contribution is 0.185. The Morgan fingerprint density at radius 2 is 1.75 bits per heavy atom. The van der Waals surface area contributed by atoms with E-state index in [0.29, 0.717) is 13.2 Å². The summed E-state index contributed by atoms with van der Waals surface area (Å²) in [7, 11) is 0.0254. The standard InChI is InChI=1S/C20H29NO2Si/c1-22-15-16-10-11-20(23-24(2,3)4)19(14-16)18(12-13-21)17-8-6-5-7-9-17/h5-11,14,18H,12-13,15,21H2,1-4H3. The Balaban J connectivity index is 2.50. The zero-order valence-electron chi connectivity index (χ0n) is 15.2. The van der Waals surface area contributed by atoms with Crippen LogP contribution in [0.5, 0.6) is 5.75 Å². The van der Waals surface area contributed by atoms with Gasteiger partial charge in [-0.25, -0.2) is 0 Å². The molecule has 0 bridgehead atoms. The minimum atomic E-state index is -1.70. The van der Waals surface area contributed by atoms with Crippen molar-refractivity contribution in [2.75, 3.05) is 13.7 Å². The minimum absolute atomic E-state index is 0.236. The van der Waals surface area contributed by atoms with Gasteiger partial charge in [0.1, 0.15) is 5.75 Å². The molecule has 0 heterocycles. The van der Waals surface area contributed by atoms with E-state index < -0.39 is 8.32 Å². The number of ether oxygens (including phenoxy) is 1. The Labute approximate surface area is 146 Å². The highest BCUT2D eigenvalue weighted by atomic mass is 28.4. The fraction of sp³-hybridized carbons (Fsp3) is 0.400. The Kier molecular flexibility index (Phi) is 6.60. The van der Waals surface area contributed by atoms with Crippen LogP contribution in [0.25, 0.3) is 0 Å². The Bertz CT molecular complexity index is 638. The second-order valence-corrected chi connectivity index (χ2v) is 11.5. The first-order valence-corrected chi connectivity index (χ1v) is 11.9. The third kappa shape index (κ3) is 5.19. The van der Waals surface area contributed by atoms with Crippen LogP contribution in [0.2, 0.25) is 19.6 Å². The Morgan fingerprint density at radius 1 is 1.04 bits per heavy atom. The average Bonchev–Trinajstić information content (AvgIpc) is 2.54. The van der Waals surface area contributed by atoms with E-state index in [-0.39, 0.29) is 5.92 Å².